The number of nitrogens with zero attached hydrogens (tertiary/aromatic N) is 2. The molecule has 0 bridgehead atoms. The molecule has 1 aromatic heterocycles. The minimum atomic E-state index is 0.272. The summed E-state index contributed by atoms with van der Waals surface area (Å²) in [6.45, 7) is 7.34. The highest BCUT2D eigenvalue weighted by atomic mass is 32.2. The van der Waals surface area contributed by atoms with Crippen molar-refractivity contribution in [2.75, 3.05) is 12.8 Å². The Morgan fingerprint density at radius 2 is 2.00 bits per heavy atom. The summed E-state index contributed by atoms with van der Waals surface area (Å²) in [5.41, 5.74) is 2.06. The first-order valence-electron chi connectivity index (χ1n) is 5.18. The summed E-state index contributed by atoms with van der Waals surface area (Å²) in [7, 11) is 0. The Labute approximate surface area is 96.1 Å². The Kier molecular flexibility index (Phi) is 5.05. The van der Waals surface area contributed by atoms with Crippen LogP contribution in [0.4, 0.5) is 0 Å². The van der Waals surface area contributed by atoms with Crippen LogP contribution in [0.5, 0.6) is 0 Å². The van der Waals surface area contributed by atoms with E-state index >= 15 is 0 Å². The predicted octanol–water partition coefficient (Wildman–Crippen LogP) is 2.19. The highest BCUT2D eigenvalue weighted by Gasteiger charge is 2.10. The molecule has 15 heavy (non-hydrogen) atoms. The van der Waals surface area contributed by atoms with Gasteiger partial charge < -0.3 is 5.32 Å². The van der Waals surface area contributed by atoms with E-state index in [0.29, 0.717) is 5.25 Å². The summed E-state index contributed by atoms with van der Waals surface area (Å²) >= 11 is 1.87. The van der Waals surface area contributed by atoms with Gasteiger partial charge in [-0.3, -0.25) is 9.97 Å². The van der Waals surface area contributed by atoms with Gasteiger partial charge in [0.2, 0.25) is 0 Å². The smallest absolute Gasteiger partial charge is 0.0782 e. The largest absolute Gasteiger partial charge is 0.308 e. The average Bonchev–Trinajstić information content (AvgIpc) is 2.26. The van der Waals surface area contributed by atoms with Gasteiger partial charge in [-0.2, -0.15) is 11.8 Å². The molecule has 0 amide bonds. The first-order chi connectivity index (χ1) is 7.15. The fourth-order valence-electron chi connectivity index (χ4n) is 1.37. The minimum absolute atomic E-state index is 0.272. The second kappa shape index (κ2) is 6.08. The normalized spacial score (nSPS) is 14.9. The van der Waals surface area contributed by atoms with Gasteiger partial charge >= 0.3 is 0 Å². The molecule has 1 N–H and O–H groups in total. The SMILES string of the molecule is CSC(C)CNC(C)c1nccnc1C. The zero-order valence-electron chi connectivity index (χ0n) is 9.82. The van der Waals surface area contributed by atoms with E-state index in [9.17, 15) is 0 Å². The first-order valence-corrected chi connectivity index (χ1v) is 6.47. The van der Waals surface area contributed by atoms with Crippen LogP contribution in [0.25, 0.3) is 0 Å². The van der Waals surface area contributed by atoms with Crippen LogP contribution in [0.2, 0.25) is 0 Å². The van der Waals surface area contributed by atoms with Crippen LogP contribution < -0.4 is 5.32 Å². The molecule has 4 heteroatoms. The third-order valence-corrected chi connectivity index (χ3v) is 3.41. The standard InChI is InChI=1S/C11H19N3S/c1-8(15-4)7-14-10(3)11-9(2)12-5-6-13-11/h5-6,8,10,14H,7H2,1-4H3. The second-order valence-electron chi connectivity index (χ2n) is 3.70. The molecule has 0 saturated carbocycles. The quantitative estimate of drug-likeness (QED) is 0.833. The topological polar surface area (TPSA) is 37.8 Å². The van der Waals surface area contributed by atoms with Gasteiger partial charge in [-0.25, -0.2) is 0 Å². The van der Waals surface area contributed by atoms with Crippen molar-refractivity contribution in [3.8, 4) is 0 Å². The number of aromatic nitrogens is 2. The molecule has 3 nitrogen and oxygen atoms in total. The number of hydrogen-bond donors (Lipinski definition) is 1. The van der Waals surface area contributed by atoms with Crippen LogP contribution in [0.15, 0.2) is 12.4 Å². The fraction of sp³-hybridized carbons (Fsp3) is 0.636. The van der Waals surface area contributed by atoms with Gasteiger partial charge in [-0.15, -0.1) is 0 Å². The highest BCUT2D eigenvalue weighted by molar-refractivity contribution is 7.99. The maximum atomic E-state index is 4.35. The summed E-state index contributed by atoms with van der Waals surface area (Å²) < 4.78 is 0. The number of aryl methyl sites for hydroxylation is 1. The van der Waals surface area contributed by atoms with Crippen LogP contribution >= 0.6 is 11.8 Å². The molecule has 0 aromatic carbocycles. The molecule has 1 rings (SSSR count). The number of hydrogen-bond acceptors (Lipinski definition) is 4. The van der Waals surface area contributed by atoms with Crippen LogP contribution in [-0.4, -0.2) is 28.0 Å². The summed E-state index contributed by atoms with van der Waals surface area (Å²) in [4.78, 5) is 8.59. The third kappa shape index (κ3) is 3.80. The molecule has 0 saturated heterocycles. The zero-order chi connectivity index (χ0) is 11.3. The molecule has 2 unspecified atom stereocenters. The molecule has 0 radical (unpaired) electrons. The predicted molar refractivity (Wildman–Crippen MR) is 66.2 cm³/mol. The number of rotatable bonds is 5. The third-order valence-electron chi connectivity index (χ3n) is 2.44. The maximum Gasteiger partial charge on any atom is 0.0782 e. The summed E-state index contributed by atoms with van der Waals surface area (Å²) in [6.07, 6.45) is 5.61. The lowest BCUT2D eigenvalue weighted by molar-refractivity contribution is 0.557. The molecule has 0 aliphatic carbocycles. The van der Waals surface area contributed by atoms with Gasteiger partial charge in [0.25, 0.3) is 0 Å². The van der Waals surface area contributed by atoms with Crippen molar-refractivity contribution >= 4 is 11.8 Å². The number of thioether (sulfide) groups is 1. The Hall–Kier alpha value is -0.610. The highest BCUT2D eigenvalue weighted by Crippen LogP contribution is 2.12. The van der Waals surface area contributed by atoms with E-state index in [2.05, 4.69) is 35.4 Å². The lowest BCUT2D eigenvalue weighted by Gasteiger charge is -2.17. The van der Waals surface area contributed by atoms with Crippen molar-refractivity contribution in [1.29, 1.82) is 0 Å². The second-order valence-corrected chi connectivity index (χ2v) is 4.98. The van der Waals surface area contributed by atoms with Crippen molar-refractivity contribution < 1.29 is 0 Å². The molecule has 84 valence electrons. The van der Waals surface area contributed by atoms with Gasteiger partial charge in [0.15, 0.2) is 0 Å². The van der Waals surface area contributed by atoms with E-state index in [-0.39, 0.29) is 6.04 Å². The van der Waals surface area contributed by atoms with Crippen LogP contribution in [-0.2, 0) is 0 Å². The van der Waals surface area contributed by atoms with Gasteiger partial charge in [0, 0.05) is 30.2 Å². The van der Waals surface area contributed by atoms with Gasteiger partial charge in [-0.1, -0.05) is 6.92 Å². The van der Waals surface area contributed by atoms with E-state index in [1.165, 1.54) is 0 Å². The van der Waals surface area contributed by atoms with Crippen LogP contribution in [0.3, 0.4) is 0 Å². The Balaban J connectivity index is 2.54. The monoisotopic (exact) mass is 225 g/mol. The minimum Gasteiger partial charge on any atom is -0.308 e. The molecule has 1 aromatic rings. The average molecular weight is 225 g/mol. The van der Waals surface area contributed by atoms with Gasteiger partial charge in [0.1, 0.15) is 0 Å². The molecule has 0 fully saturated rings. The fourth-order valence-corrected chi connectivity index (χ4v) is 1.63. The van der Waals surface area contributed by atoms with Crippen LogP contribution in [0, 0.1) is 6.92 Å². The Morgan fingerprint density at radius 3 is 2.60 bits per heavy atom. The van der Waals surface area contributed by atoms with Gasteiger partial charge in [0.05, 0.1) is 11.4 Å². The van der Waals surface area contributed by atoms with Crippen molar-refractivity contribution in [3.63, 3.8) is 0 Å². The summed E-state index contributed by atoms with van der Waals surface area (Å²) in [5.74, 6) is 0. The molecule has 0 spiro atoms. The lowest BCUT2D eigenvalue weighted by atomic mass is 10.2. The molecule has 2 atom stereocenters. The van der Waals surface area contributed by atoms with E-state index in [1.807, 2.05) is 18.7 Å². The summed E-state index contributed by atoms with van der Waals surface area (Å²) in [5, 5.41) is 4.10. The molecule has 0 aliphatic rings. The molecule has 0 aliphatic heterocycles. The maximum absolute atomic E-state index is 4.35. The zero-order valence-corrected chi connectivity index (χ0v) is 10.6. The van der Waals surface area contributed by atoms with E-state index in [4.69, 9.17) is 0 Å². The molecular weight excluding hydrogens is 206 g/mol. The molecular formula is C11H19N3S. The van der Waals surface area contributed by atoms with E-state index in [0.717, 1.165) is 17.9 Å². The van der Waals surface area contributed by atoms with Crippen molar-refractivity contribution in [3.05, 3.63) is 23.8 Å². The lowest BCUT2D eigenvalue weighted by Crippen LogP contribution is -2.26. The molecule has 1 heterocycles. The van der Waals surface area contributed by atoms with Crippen LogP contribution in [0.1, 0.15) is 31.3 Å². The van der Waals surface area contributed by atoms with E-state index in [1.54, 1.807) is 12.4 Å². The van der Waals surface area contributed by atoms with E-state index < -0.39 is 0 Å². The van der Waals surface area contributed by atoms with Crippen molar-refractivity contribution in [2.45, 2.75) is 32.1 Å². The van der Waals surface area contributed by atoms with Crippen molar-refractivity contribution in [1.82, 2.24) is 15.3 Å². The summed E-state index contributed by atoms with van der Waals surface area (Å²) in [6, 6.07) is 0.272. The van der Waals surface area contributed by atoms with Gasteiger partial charge in [-0.05, 0) is 20.1 Å². The number of nitrogens with one attached hydrogen (secondary N) is 1. The first kappa shape index (κ1) is 12.5. The Bertz CT molecular complexity index is 304. The van der Waals surface area contributed by atoms with Crippen molar-refractivity contribution in [2.24, 2.45) is 0 Å². The Morgan fingerprint density at radius 1 is 1.33 bits per heavy atom.